The van der Waals surface area contributed by atoms with Gasteiger partial charge in [-0.3, -0.25) is 0 Å². The van der Waals surface area contributed by atoms with E-state index >= 15 is 0 Å². The van der Waals surface area contributed by atoms with Crippen LogP contribution in [0.2, 0.25) is 0 Å². The van der Waals surface area contributed by atoms with E-state index in [2.05, 4.69) is 21.2 Å². The lowest BCUT2D eigenvalue weighted by Crippen LogP contribution is -2.23. The second-order valence-corrected chi connectivity index (χ2v) is 5.39. The summed E-state index contributed by atoms with van der Waals surface area (Å²) < 4.78 is 37.6. The number of hydrogen-bond acceptors (Lipinski definition) is 1. The van der Waals surface area contributed by atoms with E-state index in [1.807, 2.05) is 31.2 Å². The van der Waals surface area contributed by atoms with Crippen molar-refractivity contribution < 1.29 is 13.2 Å². The van der Waals surface area contributed by atoms with Crippen molar-refractivity contribution in [3.8, 4) is 0 Å². The molecule has 0 fully saturated rings. The summed E-state index contributed by atoms with van der Waals surface area (Å²) in [5, 5.41) is 3.32. The minimum Gasteiger partial charge on any atom is -0.310 e. The molecule has 0 radical (unpaired) electrons. The van der Waals surface area contributed by atoms with Gasteiger partial charge in [0.2, 0.25) is 0 Å². The largest absolute Gasteiger partial charge is 0.389 e. The zero-order valence-electron chi connectivity index (χ0n) is 10.9. The van der Waals surface area contributed by atoms with Gasteiger partial charge in [-0.25, -0.2) is 0 Å². The van der Waals surface area contributed by atoms with Crippen LogP contribution in [0.1, 0.15) is 44.2 Å². The summed E-state index contributed by atoms with van der Waals surface area (Å²) in [6.07, 6.45) is -3.19. The highest BCUT2D eigenvalue weighted by Crippen LogP contribution is 2.29. The maximum Gasteiger partial charge on any atom is 0.389 e. The lowest BCUT2D eigenvalue weighted by molar-refractivity contribution is -0.135. The highest BCUT2D eigenvalue weighted by Gasteiger charge is 2.27. The smallest absolute Gasteiger partial charge is 0.310 e. The monoisotopic (exact) mass is 337 g/mol. The van der Waals surface area contributed by atoms with Gasteiger partial charge in [0.05, 0.1) is 0 Å². The first-order chi connectivity index (χ1) is 8.94. The van der Waals surface area contributed by atoms with Gasteiger partial charge in [-0.1, -0.05) is 41.1 Å². The van der Waals surface area contributed by atoms with Crippen molar-refractivity contribution in [1.82, 2.24) is 5.32 Å². The highest BCUT2D eigenvalue weighted by atomic mass is 79.9. The molecular formula is C14H19BrF3N. The van der Waals surface area contributed by atoms with E-state index in [9.17, 15) is 13.2 Å². The third-order valence-corrected chi connectivity index (χ3v) is 3.60. The molecule has 5 heteroatoms. The number of benzene rings is 1. The Bertz CT molecular complexity index is 379. The molecule has 1 aromatic rings. The Labute approximate surface area is 120 Å². The number of rotatable bonds is 7. The zero-order chi connectivity index (χ0) is 14.3. The molecule has 0 bridgehead atoms. The van der Waals surface area contributed by atoms with Crippen molar-refractivity contribution in [3.05, 3.63) is 34.3 Å². The minimum atomic E-state index is -4.07. The van der Waals surface area contributed by atoms with Crippen LogP contribution in [0.3, 0.4) is 0 Å². The van der Waals surface area contributed by atoms with E-state index in [-0.39, 0.29) is 12.5 Å². The molecule has 0 spiro atoms. The Kier molecular flexibility index (Phi) is 6.86. The van der Waals surface area contributed by atoms with E-state index < -0.39 is 12.6 Å². The molecule has 19 heavy (non-hydrogen) atoms. The van der Waals surface area contributed by atoms with Crippen LogP contribution in [0.25, 0.3) is 0 Å². The van der Waals surface area contributed by atoms with Crippen LogP contribution in [0.15, 0.2) is 28.7 Å². The van der Waals surface area contributed by atoms with Crippen LogP contribution < -0.4 is 5.32 Å². The lowest BCUT2D eigenvalue weighted by atomic mass is 10.0. The van der Waals surface area contributed by atoms with Crippen LogP contribution in [0.5, 0.6) is 0 Å². The van der Waals surface area contributed by atoms with Crippen molar-refractivity contribution in [2.75, 3.05) is 6.54 Å². The number of halogens is 4. The predicted molar refractivity (Wildman–Crippen MR) is 75.1 cm³/mol. The van der Waals surface area contributed by atoms with Crippen LogP contribution in [-0.2, 0) is 0 Å². The molecule has 0 aromatic heterocycles. The summed E-state index contributed by atoms with van der Waals surface area (Å²) in [4.78, 5) is 0. The quantitative estimate of drug-likeness (QED) is 0.718. The van der Waals surface area contributed by atoms with Crippen molar-refractivity contribution in [1.29, 1.82) is 0 Å². The molecule has 1 rings (SSSR count). The Morgan fingerprint density at radius 2 is 1.95 bits per heavy atom. The van der Waals surface area contributed by atoms with Gasteiger partial charge >= 0.3 is 6.18 Å². The van der Waals surface area contributed by atoms with Crippen molar-refractivity contribution in [2.45, 2.75) is 44.8 Å². The van der Waals surface area contributed by atoms with Gasteiger partial charge in [-0.05, 0) is 37.4 Å². The van der Waals surface area contributed by atoms with E-state index in [1.54, 1.807) is 0 Å². The molecule has 0 heterocycles. The summed E-state index contributed by atoms with van der Waals surface area (Å²) in [7, 11) is 0. The molecule has 1 N–H and O–H groups in total. The van der Waals surface area contributed by atoms with Gasteiger partial charge in [0.1, 0.15) is 0 Å². The molecule has 0 saturated carbocycles. The van der Waals surface area contributed by atoms with Crippen LogP contribution in [0, 0.1) is 0 Å². The molecule has 1 aromatic carbocycles. The second kappa shape index (κ2) is 7.90. The van der Waals surface area contributed by atoms with E-state index in [4.69, 9.17) is 0 Å². The minimum absolute atomic E-state index is 0.0297. The summed E-state index contributed by atoms with van der Waals surface area (Å²) in [5.41, 5.74) is 1.03. The summed E-state index contributed by atoms with van der Waals surface area (Å²) in [5.74, 6) is 0. The molecule has 1 atom stereocenters. The van der Waals surface area contributed by atoms with Crippen LogP contribution in [0.4, 0.5) is 13.2 Å². The summed E-state index contributed by atoms with van der Waals surface area (Å²) in [6.45, 7) is 2.85. The molecule has 108 valence electrons. The fraction of sp³-hybridized carbons (Fsp3) is 0.571. The van der Waals surface area contributed by atoms with E-state index in [0.29, 0.717) is 6.42 Å². The van der Waals surface area contributed by atoms with Crippen LogP contribution in [-0.4, -0.2) is 12.7 Å². The molecule has 1 nitrogen and oxygen atoms in total. The molecule has 0 aliphatic heterocycles. The maximum atomic E-state index is 12.2. The number of hydrogen-bond donors (Lipinski definition) is 1. The molecule has 0 saturated heterocycles. The predicted octanol–water partition coefficient (Wildman–Crippen LogP) is 5.22. The maximum absolute atomic E-state index is 12.2. The summed E-state index contributed by atoms with van der Waals surface area (Å²) >= 11 is 3.46. The number of alkyl halides is 3. The van der Waals surface area contributed by atoms with Crippen molar-refractivity contribution >= 4 is 15.9 Å². The van der Waals surface area contributed by atoms with Gasteiger partial charge in [0.15, 0.2) is 0 Å². The normalized spacial score (nSPS) is 13.5. The standard InChI is InChI=1S/C14H19BrF3N/c1-2-10-19-13(8-5-9-14(16,17)18)11-6-3-4-7-12(11)15/h3-4,6-7,13,19H,2,5,8-10H2,1H3. The van der Waals surface area contributed by atoms with E-state index in [0.717, 1.165) is 23.0 Å². The second-order valence-electron chi connectivity index (χ2n) is 4.54. The molecule has 0 amide bonds. The van der Waals surface area contributed by atoms with Crippen LogP contribution >= 0.6 is 15.9 Å². The first-order valence-corrected chi connectivity index (χ1v) is 7.28. The molecule has 0 aliphatic carbocycles. The van der Waals surface area contributed by atoms with Gasteiger partial charge in [0.25, 0.3) is 0 Å². The first-order valence-electron chi connectivity index (χ1n) is 6.48. The van der Waals surface area contributed by atoms with Gasteiger partial charge in [0, 0.05) is 16.9 Å². The lowest BCUT2D eigenvalue weighted by Gasteiger charge is -2.20. The number of nitrogens with one attached hydrogen (secondary N) is 1. The molecule has 0 aliphatic rings. The topological polar surface area (TPSA) is 12.0 Å². The molecule has 1 unspecified atom stereocenters. The Morgan fingerprint density at radius 1 is 1.26 bits per heavy atom. The average Bonchev–Trinajstić information content (AvgIpc) is 2.33. The Balaban J connectivity index is 2.64. The van der Waals surface area contributed by atoms with Crippen molar-refractivity contribution in [3.63, 3.8) is 0 Å². The van der Waals surface area contributed by atoms with Gasteiger partial charge in [-0.15, -0.1) is 0 Å². The molecular weight excluding hydrogens is 319 g/mol. The third kappa shape index (κ3) is 6.43. The third-order valence-electron chi connectivity index (χ3n) is 2.87. The average molecular weight is 338 g/mol. The first kappa shape index (κ1) is 16.5. The zero-order valence-corrected chi connectivity index (χ0v) is 12.5. The van der Waals surface area contributed by atoms with Gasteiger partial charge in [-0.2, -0.15) is 13.2 Å². The van der Waals surface area contributed by atoms with E-state index in [1.165, 1.54) is 0 Å². The summed E-state index contributed by atoms with van der Waals surface area (Å²) in [6, 6.07) is 7.65. The van der Waals surface area contributed by atoms with Crippen molar-refractivity contribution in [2.24, 2.45) is 0 Å². The van der Waals surface area contributed by atoms with Gasteiger partial charge < -0.3 is 5.32 Å². The highest BCUT2D eigenvalue weighted by molar-refractivity contribution is 9.10. The Hall–Kier alpha value is -0.550. The SMILES string of the molecule is CCCNC(CCCC(F)(F)F)c1ccccc1Br. The fourth-order valence-corrected chi connectivity index (χ4v) is 2.51. The Morgan fingerprint density at radius 3 is 2.53 bits per heavy atom. The fourth-order valence-electron chi connectivity index (χ4n) is 1.95.